The molecular formula is C13H19NO9. The molecule has 1 aromatic carbocycles. The van der Waals surface area contributed by atoms with Gasteiger partial charge in [-0.05, 0) is 12.1 Å². The van der Waals surface area contributed by atoms with Crippen molar-refractivity contribution in [3.05, 3.63) is 35.0 Å². The Labute approximate surface area is 130 Å². The van der Waals surface area contributed by atoms with Crippen molar-refractivity contribution in [2.75, 3.05) is 20.8 Å². The fourth-order valence-corrected chi connectivity index (χ4v) is 1.88. The van der Waals surface area contributed by atoms with Crippen LogP contribution in [0.5, 0.6) is 11.5 Å². The van der Waals surface area contributed by atoms with Crippen LogP contribution in [0.3, 0.4) is 0 Å². The van der Waals surface area contributed by atoms with Crippen molar-refractivity contribution in [3.63, 3.8) is 0 Å². The lowest BCUT2D eigenvalue weighted by Gasteiger charge is -2.27. The van der Waals surface area contributed by atoms with Gasteiger partial charge in [-0.2, -0.15) is 0 Å². The van der Waals surface area contributed by atoms with E-state index in [1.165, 1.54) is 0 Å². The van der Waals surface area contributed by atoms with Gasteiger partial charge in [0.2, 0.25) is 11.5 Å². The number of nitrogens with two attached hydrogens (primary N) is 1. The number of rotatable bonds is 6. The number of methoxy groups -OCH3 is 2. The summed E-state index contributed by atoms with van der Waals surface area (Å²) in [5, 5.41) is 66.7. The molecule has 0 atom stereocenters. The van der Waals surface area contributed by atoms with Gasteiger partial charge < -0.3 is 51.0 Å². The van der Waals surface area contributed by atoms with E-state index in [2.05, 4.69) is 0 Å². The third-order valence-electron chi connectivity index (χ3n) is 3.16. The predicted molar refractivity (Wildman–Crippen MR) is 75.7 cm³/mol. The number of aliphatic hydroxyl groups excluding tert-OH is 2. The van der Waals surface area contributed by atoms with Gasteiger partial charge in [-0.1, -0.05) is 0 Å². The summed E-state index contributed by atoms with van der Waals surface area (Å²) in [7, 11) is 2.29. The molecule has 0 saturated heterocycles. The zero-order valence-corrected chi connectivity index (χ0v) is 12.4. The highest BCUT2D eigenvalue weighted by Crippen LogP contribution is 2.40. The lowest BCUT2D eigenvalue weighted by molar-refractivity contribution is -0.169. The van der Waals surface area contributed by atoms with Gasteiger partial charge in [-0.3, -0.25) is 0 Å². The van der Waals surface area contributed by atoms with Crippen molar-refractivity contribution < 1.29 is 45.2 Å². The molecule has 23 heavy (non-hydrogen) atoms. The molecule has 0 amide bonds. The van der Waals surface area contributed by atoms with Gasteiger partial charge in [0.1, 0.15) is 11.5 Å². The van der Waals surface area contributed by atoms with Gasteiger partial charge >= 0.3 is 5.95 Å². The second-order valence-corrected chi connectivity index (χ2v) is 4.62. The van der Waals surface area contributed by atoms with Gasteiger partial charge in [0.05, 0.1) is 31.9 Å². The van der Waals surface area contributed by atoms with Crippen LogP contribution in [-0.2, 0) is 11.6 Å². The maximum Gasteiger partial charge on any atom is 0.320 e. The summed E-state index contributed by atoms with van der Waals surface area (Å²) in [6, 6.07) is 1.90. The van der Waals surface area contributed by atoms with Gasteiger partial charge in [0.15, 0.2) is 0 Å². The molecule has 0 aliphatic carbocycles. The highest BCUT2D eigenvalue weighted by atomic mass is 16.5. The van der Waals surface area contributed by atoms with E-state index in [4.69, 9.17) is 25.4 Å². The number of benzene rings is 1. The molecule has 0 aliphatic rings. The van der Waals surface area contributed by atoms with E-state index in [9.17, 15) is 25.5 Å². The molecule has 0 unspecified atom stereocenters. The van der Waals surface area contributed by atoms with Crippen molar-refractivity contribution in [3.8, 4) is 11.5 Å². The predicted octanol–water partition coefficient (Wildman–Crippen LogP) is -1.22. The molecule has 10 heteroatoms. The minimum atomic E-state index is -3.24. The van der Waals surface area contributed by atoms with Crippen molar-refractivity contribution in [2.24, 2.45) is 5.73 Å². The first-order valence-electron chi connectivity index (χ1n) is 6.21. The van der Waals surface area contributed by atoms with Crippen molar-refractivity contribution in [1.29, 1.82) is 0 Å². The third kappa shape index (κ3) is 3.41. The Morgan fingerprint density at radius 1 is 0.957 bits per heavy atom. The minimum absolute atomic E-state index is 0.228. The Morgan fingerprint density at radius 2 is 1.39 bits per heavy atom. The quantitative estimate of drug-likeness (QED) is 0.231. The summed E-state index contributed by atoms with van der Waals surface area (Å²) in [6.07, 6.45) is 0. The first-order valence-corrected chi connectivity index (χ1v) is 6.21. The van der Waals surface area contributed by atoms with Crippen LogP contribution in [-0.4, -0.2) is 56.5 Å². The molecule has 0 aromatic heterocycles. The molecule has 1 rings (SSSR count). The molecule has 0 aliphatic heterocycles. The molecule has 0 saturated carbocycles. The summed E-state index contributed by atoms with van der Waals surface area (Å²) in [5.74, 6) is -9.58. The maximum atomic E-state index is 9.95. The maximum absolute atomic E-state index is 9.95. The van der Waals surface area contributed by atoms with Crippen LogP contribution in [0.15, 0.2) is 23.8 Å². The molecule has 1 aromatic rings. The van der Waals surface area contributed by atoms with Crippen molar-refractivity contribution in [2.45, 2.75) is 11.6 Å². The highest BCUT2D eigenvalue weighted by Gasteiger charge is 2.40. The molecule has 0 heterocycles. The van der Waals surface area contributed by atoms with Gasteiger partial charge in [-0.15, -0.1) is 0 Å². The molecular weight excluding hydrogens is 314 g/mol. The van der Waals surface area contributed by atoms with E-state index in [0.717, 1.165) is 26.4 Å². The Kier molecular flexibility index (Phi) is 5.30. The first-order chi connectivity index (χ1) is 10.5. The average Bonchev–Trinajstić information content (AvgIpc) is 2.52. The zero-order chi connectivity index (χ0) is 18.0. The van der Waals surface area contributed by atoms with Crippen LogP contribution < -0.4 is 15.2 Å². The van der Waals surface area contributed by atoms with Crippen LogP contribution in [0.25, 0.3) is 0 Å². The largest absolute Gasteiger partial charge is 0.502 e. The molecule has 0 spiro atoms. The fraction of sp³-hybridized carbons (Fsp3) is 0.385. The molecule has 0 bridgehead atoms. The monoisotopic (exact) mass is 333 g/mol. The Morgan fingerprint density at radius 3 is 1.78 bits per heavy atom. The Bertz CT molecular complexity index is 606. The van der Waals surface area contributed by atoms with E-state index >= 15 is 0 Å². The third-order valence-corrected chi connectivity index (χ3v) is 3.16. The molecule has 0 fully saturated rings. The van der Waals surface area contributed by atoms with E-state index in [-0.39, 0.29) is 17.1 Å². The van der Waals surface area contributed by atoms with Gasteiger partial charge in [0, 0.05) is 0 Å². The molecule has 130 valence electrons. The van der Waals surface area contributed by atoms with Crippen LogP contribution in [0.4, 0.5) is 0 Å². The van der Waals surface area contributed by atoms with Crippen LogP contribution in [0, 0.1) is 0 Å². The van der Waals surface area contributed by atoms with E-state index < -0.39 is 35.4 Å². The smallest absolute Gasteiger partial charge is 0.320 e. The second kappa shape index (κ2) is 6.48. The van der Waals surface area contributed by atoms with E-state index in [1.807, 2.05) is 0 Å². The number of hydrogen-bond acceptors (Lipinski definition) is 10. The normalized spacial score (nSPS) is 12.0. The van der Waals surface area contributed by atoms with Crippen molar-refractivity contribution in [1.82, 2.24) is 0 Å². The summed E-state index contributed by atoms with van der Waals surface area (Å²) in [6.45, 7) is -0.599. The lowest BCUT2D eigenvalue weighted by atomic mass is 9.96. The second-order valence-electron chi connectivity index (χ2n) is 4.62. The summed E-state index contributed by atoms with van der Waals surface area (Å²) in [4.78, 5) is 0. The fourth-order valence-electron chi connectivity index (χ4n) is 1.88. The van der Waals surface area contributed by atoms with E-state index in [1.54, 1.807) is 0 Å². The molecule has 0 radical (unpaired) electrons. The van der Waals surface area contributed by atoms with Crippen LogP contribution in [0.1, 0.15) is 11.1 Å². The number of hydrogen-bond donors (Lipinski definition) is 8. The minimum Gasteiger partial charge on any atom is -0.502 e. The van der Waals surface area contributed by atoms with Gasteiger partial charge in [-0.25, -0.2) is 0 Å². The average molecular weight is 333 g/mol. The topological polar surface area (TPSA) is 186 Å². The zero-order valence-electron chi connectivity index (χ0n) is 12.4. The van der Waals surface area contributed by atoms with E-state index in [0.29, 0.717) is 0 Å². The SMILES string of the molecule is COc1cc(C(O)(O)C(O)=C(O)O)c(OC)cc1C(O)(O)CN. The summed E-state index contributed by atoms with van der Waals surface area (Å²) >= 11 is 0. The summed E-state index contributed by atoms with van der Waals surface area (Å²) in [5.41, 5.74) is 4.47. The van der Waals surface area contributed by atoms with Crippen molar-refractivity contribution >= 4 is 0 Å². The number of ether oxygens (including phenoxy) is 2. The Balaban J connectivity index is 3.68. The first kappa shape index (κ1) is 18.8. The standard InChI is InChI=1S/C13H19NO9/c1-22-8-4-7(13(20,21)10(15)11(16)17)9(23-2)3-6(8)12(18,19)5-14/h3-4,15-21H,5,14H2,1-2H3. The number of aliphatic hydroxyl groups is 7. The highest BCUT2D eigenvalue weighted by molar-refractivity contribution is 5.51. The lowest BCUT2D eigenvalue weighted by Crippen LogP contribution is -2.35. The van der Waals surface area contributed by atoms with Crippen LogP contribution in [0.2, 0.25) is 0 Å². The summed E-state index contributed by atoms with van der Waals surface area (Å²) < 4.78 is 9.84. The molecule has 10 nitrogen and oxygen atoms in total. The van der Waals surface area contributed by atoms with Crippen LogP contribution >= 0.6 is 0 Å². The Hall–Kier alpha value is -2.24. The molecule has 9 N–H and O–H groups in total. The van der Waals surface area contributed by atoms with Gasteiger partial charge in [0.25, 0.3) is 5.79 Å².